The number of ether oxygens (including phenoxy) is 1. The number of allylic oxidation sites excluding steroid dienone is 1. The Morgan fingerprint density at radius 2 is 1.80 bits per heavy atom. The highest BCUT2D eigenvalue weighted by Gasteiger charge is 2.20. The first-order chi connectivity index (χ1) is 16.7. The molecule has 4 rings (SSSR count). The van der Waals surface area contributed by atoms with E-state index in [1.807, 2.05) is 25.1 Å². The molecule has 5 nitrogen and oxygen atoms in total. The fourth-order valence-corrected chi connectivity index (χ4v) is 5.42. The van der Waals surface area contributed by atoms with E-state index in [0.29, 0.717) is 6.54 Å². The molecule has 0 radical (unpaired) electrons. The third kappa shape index (κ3) is 6.21. The predicted molar refractivity (Wildman–Crippen MR) is 146 cm³/mol. The molecule has 2 heterocycles. The van der Waals surface area contributed by atoms with Gasteiger partial charge in [0.05, 0.1) is 5.69 Å². The van der Waals surface area contributed by atoms with Crippen molar-refractivity contribution in [3.05, 3.63) is 89.2 Å². The van der Waals surface area contributed by atoms with Crippen LogP contribution in [-0.4, -0.2) is 19.7 Å². The first-order valence-electron chi connectivity index (χ1n) is 11.7. The van der Waals surface area contributed by atoms with Crippen LogP contribution in [-0.2, 0) is 17.7 Å². The average Bonchev–Trinajstić information content (AvgIpc) is 3.45. The lowest BCUT2D eigenvalue weighted by Gasteiger charge is -2.20. The second-order valence-corrected chi connectivity index (χ2v) is 11.4. The van der Waals surface area contributed by atoms with Crippen molar-refractivity contribution in [1.29, 1.82) is 0 Å². The molecule has 0 saturated carbocycles. The summed E-state index contributed by atoms with van der Waals surface area (Å²) in [5, 5.41) is 12.9. The van der Waals surface area contributed by atoms with E-state index in [-0.39, 0.29) is 11.5 Å². The molecule has 0 saturated heterocycles. The molecule has 182 valence electrons. The maximum atomic E-state index is 6.21. The van der Waals surface area contributed by atoms with E-state index in [4.69, 9.17) is 9.72 Å². The average molecular weight is 505 g/mol. The standard InChI is InChI=1S/C28H32N4OS2/c1-7-16-32-25(20(3)33-24-14-12-22(13-15-24)28(4,5)6)30-31-27(32)35-18-23-17-34-26(29-23)21-10-8-19(2)9-11-21/h7-15,17,20H,1,16,18H2,2-6H3. The zero-order valence-corrected chi connectivity index (χ0v) is 22.6. The Morgan fingerprint density at radius 1 is 1.09 bits per heavy atom. The summed E-state index contributed by atoms with van der Waals surface area (Å²) in [6.45, 7) is 15.3. The van der Waals surface area contributed by atoms with Gasteiger partial charge in [-0.1, -0.05) is 80.6 Å². The SMILES string of the molecule is C=CCn1c(SCc2csc(-c3ccc(C)cc3)n2)nnc1C(C)Oc1ccc(C(C)(C)C)cc1. The molecule has 0 spiro atoms. The minimum absolute atomic E-state index is 0.110. The van der Waals surface area contributed by atoms with Gasteiger partial charge in [0.1, 0.15) is 10.8 Å². The molecular formula is C28H32N4OS2. The summed E-state index contributed by atoms with van der Waals surface area (Å²) < 4.78 is 8.28. The van der Waals surface area contributed by atoms with Gasteiger partial charge in [-0.05, 0) is 37.0 Å². The van der Waals surface area contributed by atoms with E-state index in [0.717, 1.165) is 38.7 Å². The minimum atomic E-state index is -0.246. The Labute approximate surface area is 216 Å². The summed E-state index contributed by atoms with van der Waals surface area (Å²) in [5.74, 6) is 2.33. The highest BCUT2D eigenvalue weighted by atomic mass is 32.2. The zero-order chi connectivity index (χ0) is 25.0. The van der Waals surface area contributed by atoms with Crippen molar-refractivity contribution < 1.29 is 4.74 Å². The molecule has 7 heteroatoms. The molecule has 0 bridgehead atoms. The van der Waals surface area contributed by atoms with Crippen molar-refractivity contribution in [2.45, 2.75) is 63.6 Å². The number of thioether (sulfide) groups is 1. The number of aromatic nitrogens is 4. The number of hydrogen-bond acceptors (Lipinski definition) is 6. The number of nitrogens with zero attached hydrogens (tertiary/aromatic N) is 4. The Kier molecular flexibility index (Phi) is 7.77. The van der Waals surface area contributed by atoms with Crippen LogP contribution in [0.1, 0.15) is 56.4 Å². The minimum Gasteiger partial charge on any atom is -0.483 e. The lowest BCUT2D eigenvalue weighted by Crippen LogP contribution is -2.13. The Bertz CT molecular complexity index is 1270. The second-order valence-electron chi connectivity index (χ2n) is 9.57. The van der Waals surface area contributed by atoms with Gasteiger partial charge >= 0.3 is 0 Å². The highest BCUT2D eigenvalue weighted by molar-refractivity contribution is 7.98. The largest absolute Gasteiger partial charge is 0.483 e. The van der Waals surface area contributed by atoms with E-state index >= 15 is 0 Å². The van der Waals surface area contributed by atoms with Gasteiger partial charge in [-0.15, -0.1) is 28.1 Å². The van der Waals surface area contributed by atoms with Crippen LogP contribution in [0.4, 0.5) is 0 Å². The van der Waals surface area contributed by atoms with Crippen molar-refractivity contribution in [2.75, 3.05) is 0 Å². The van der Waals surface area contributed by atoms with E-state index in [1.54, 1.807) is 23.1 Å². The monoisotopic (exact) mass is 504 g/mol. The van der Waals surface area contributed by atoms with Crippen LogP contribution in [0.15, 0.2) is 71.7 Å². The maximum absolute atomic E-state index is 6.21. The normalized spacial score (nSPS) is 12.5. The molecular weight excluding hydrogens is 472 g/mol. The van der Waals surface area contributed by atoms with Crippen LogP contribution in [0.3, 0.4) is 0 Å². The van der Waals surface area contributed by atoms with Gasteiger partial charge in [0.25, 0.3) is 0 Å². The number of hydrogen-bond donors (Lipinski definition) is 0. The zero-order valence-electron chi connectivity index (χ0n) is 21.0. The van der Waals surface area contributed by atoms with Crippen LogP contribution >= 0.6 is 23.1 Å². The summed E-state index contributed by atoms with van der Waals surface area (Å²) in [7, 11) is 0. The van der Waals surface area contributed by atoms with Crippen LogP contribution in [0.5, 0.6) is 5.75 Å². The molecule has 35 heavy (non-hydrogen) atoms. The third-order valence-corrected chi connectivity index (χ3v) is 7.59. The van der Waals surface area contributed by atoms with Gasteiger partial charge in [-0.3, -0.25) is 4.57 Å². The van der Waals surface area contributed by atoms with E-state index in [1.165, 1.54) is 11.1 Å². The Morgan fingerprint density at radius 3 is 2.46 bits per heavy atom. The van der Waals surface area contributed by atoms with E-state index in [9.17, 15) is 0 Å². The topological polar surface area (TPSA) is 52.8 Å². The molecule has 1 atom stereocenters. The number of rotatable bonds is 9. The molecule has 0 aliphatic carbocycles. The fraction of sp³-hybridized carbons (Fsp3) is 0.321. The first kappa shape index (κ1) is 25.2. The van der Waals surface area contributed by atoms with Gasteiger partial charge in [0.2, 0.25) is 0 Å². The predicted octanol–water partition coefficient (Wildman–Crippen LogP) is 7.63. The van der Waals surface area contributed by atoms with Gasteiger partial charge < -0.3 is 4.74 Å². The first-order valence-corrected chi connectivity index (χ1v) is 13.6. The van der Waals surface area contributed by atoms with E-state index in [2.05, 4.69) is 90.8 Å². The van der Waals surface area contributed by atoms with Gasteiger partial charge in [0, 0.05) is 23.2 Å². The van der Waals surface area contributed by atoms with Crippen molar-refractivity contribution in [1.82, 2.24) is 19.7 Å². The molecule has 1 unspecified atom stereocenters. The van der Waals surface area contributed by atoms with Crippen molar-refractivity contribution in [2.24, 2.45) is 0 Å². The number of benzene rings is 2. The number of aryl methyl sites for hydroxylation is 1. The van der Waals surface area contributed by atoms with Crippen LogP contribution in [0, 0.1) is 6.92 Å². The molecule has 0 fully saturated rings. The van der Waals surface area contributed by atoms with Gasteiger partial charge in [-0.2, -0.15) is 0 Å². The van der Waals surface area contributed by atoms with Crippen LogP contribution < -0.4 is 4.74 Å². The van der Waals surface area contributed by atoms with Crippen molar-refractivity contribution in [3.63, 3.8) is 0 Å². The second kappa shape index (κ2) is 10.8. The summed E-state index contributed by atoms with van der Waals surface area (Å²) in [4.78, 5) is 4.82. The molecule has 4 aromatic rings. The quantitative estimate of drug-likeness (QED) is 0.173. The molecule has 2 aromatic carbocycles. The van der Waals surface area contributed by atoms with Crippen LogP contribution in [0.2, 0.25) is 0 Å². The fourth-order valence-electron chi connectivity index (χ4n) is 3.64. The Hall–Kier alpha value is -2.90. The van der Waals surface area contributed by atoms with Crippen molar-refractivity contribution >= 4 is 23.1 Å². The van der Waals surface area contributed by atoms with Gasteiger partial charge in [0.15, 0.2) is 17.1 Å². The summed E-state index contributed by atoms with van der Waals surface area (Å²) in [5.41, 5.74) is 4.82. The molecule has 0 amide bonds. The summed E-state index contributed by atoms with van der Waals surface area (Å²) in [6.07, 6.45) is 1.62. The smallest absolute Gasteiger partial charge is 0.192 e. The number of thiazole rings is 1. The summed E-state index contributed by atoms with van der Waals surface area (Å²) in [6, 6.07) is 16.8. The van der Waals surface area contributed by atoms with Gasteiger partial charge in [-0.25, -0.2) is 4.98 Å². The van der Waals surface area contributed by atoms with E-state index < -0.39 is 0 Å². The molecule has 0 aliphatic heterocycles. The molecule has 0 aliphatic rings. The molecule has 0 N–H and O–H groups in total. The lowest BCUT2D eigenvalue weighted by molar-refractivity contribution is 0.210. The third-order valence-electron chi connectivity index (χ3n) is 5.65. The van der Waals surface area contributed by atoms with Crippen molar-refractivity contribution in [3.8, 4) is 16.3 Å². The Balaban J connectivity index is 1.44. The summed E-state index contributed by atoms with van der Waals surface area (Å²) >= 11 is 3.30. The lowest BCUT2D eigenvalue weighted by atomic mass is 9.87. The highest BCUT2D eigenvalue weighted by Crippen LogP contribution is 2.30. The van der Waals surface area contributed by atoms with Crippen LogP contribution in [0.25, 0.3) is 10.6 Å². The maximum Gasteiger partial charge on any atom is 0.192 e. The molecule has 2 aromatic heterocycles.